The molecular formula is C16H19N3O4S. The van der Waals surface area contributed by atoms with Gasteiger partial charge in [-0.25, -0.2) is 4.98 Å². The Labute approximate surface area is 142 Å². The van der Waals surface area contributed by atoms with Crippen LogP contribution in [-0.4, -0.2) is 32.6 Å². The van der Waals surface area contributed by atoms with E-state index in [1.54, 1.807) is 11.3 Å². The number of amides is 1. The highest BCUT2D eigenvalue weighted by Crippen LogP contribution is 2.33. The van der Waals surface area contributed by atoms with E-state index in [0.717, 1.165) is 36.1 Å². The topological polar surface area (TPSA) is 101 Å². The first-order valence-corrected chi connectivity index (χ1v) is 8.81. The zero-order valence-electron chi connectivity index (χ0n) is 13.4. The number of carboxylic acid groups (broad SMARTS) is 1. The third-order valence-corrected chi connectivity index (χ3v) is 5.47. The highest BCUT2D eigenvalue weighted by Gasteiger charge is 2.20. The van der Waals surface area contributed by atoms with Gasteiger partial charge in [0, 0.05) is 17.8 Å². The second-order valence-corrected chi connectivity index (χ2v) is 7.10. The predicted octanol–water partition coefficient (Wildman–Crippen LogP) is 1.32. The zero-order chi connectivity index (χ0) is 17.3. The summed E-state index contributed by atoms with van der Waals surface area (Å²) in [6.07, 6.45) is 5.66. The molecule has 0 radical (unpaired) electrons. The average Bonchev–Trinajstić information content (AvgIpc) is 2.93. The Kier molecular flexibility index (Phi) is 4.66. The van der Waals surface area contributed by atoms with Gasteiger partial charge in [-0.15, -0.1) is 11.3 Å². The molecule has 7 nitrogen and oxygen atoms in total. The van der Waals surface area contributed by atoms with Crippen LogP contribution >= 0.6 is 11.3 Å². The molecule has 2 N–H and O–H groups in total. The Morgan fingerprint density at radius 1 is 1.42 bits per heavy atom. The van der Waals surface area contributed by atoms with Gasteiger partial charge in [0.25, 0.3) is 5.56 Å². The molecule has 1 aliphatic carbocycles. The van der Waals surface area contributed by atoms with Crippen LogP contribution < -0.4 is 10.9 Å². The van der Waals surface area contributed by atoms with Crippen LogP contribution in [0.25, 0.3) is 10.2 Å². The number of aryl methyl sites for hydroxylation is 3. The SMILES string of the molecule is CC(NC(=O)CCn1cnc2sc3c(c2c1=O)CCCC3)C(=O)O. The summed E-state index contributed by atoms with van der Waals surface area (Å²) in [6.45, 7) is 1.59. The standard InChI is InChI=1S/C16H19N3O4S/c1-9(16(22)23)18-12(20)6-7-19-8-17-14-13(15(19)21)10-4-2-3-5-11(10)24-14/h8-9H,2-7H2,1H3,(H,18,20)(H,22,23). The lowest BCUT2D eigenvalue weighted by Crippen LogP contribution is -2.39. The van der Waals surface area contributed by atoms with Gasteiger partial charge in [-0.2, -0.15) is 0 Å². The van der Waals surface area contributed by atoms with E-state index in [-0.39, 0.29) is 18.5 Å². The van der Waals surface area contributed by atoms with E-state index in [1.807, 2.05) is 0 Å². The molecule has 1 aliphatic rings. The molecule has 0 bridgehead atoms. The average molecular weight is 349 g/mol. The molecular weight excluding hydrogens is 330 g/mol. The Morgan fingerprint density at radius 3 is 2.92 bits per heavy atom. The highest BCUT2D eigenvalue weighted by atomic mass is 32.1. The Morgan fingerprint density at radius 2 is 2.17 bits per heavy atom. The number of carboxylic acids is 1. The number of carbonyl (C=O) groups is 2. The van der Waals surface area contributed by atoms with Gasteiger partial charge in [-0.1, -0.05) is 0 Å². The number of thiophene rings is 1. The Bertz CT molecular complexity index is 855. The predicted molar refractivity (Wildman–Crippen MR) is 90.4 cm³/mol. The van der Waals surface area contributed by atoms with Crippen LogP contribution in [0.15, 0.2) is 11.1 Å². The Hall–Kier alpha value is -2.22. The van der Waals surface area contributed by atoms with Crippen molar-refractivity contribution in [2.45, 2.75) is 51.6 Å². The molecule has 2 aromatic heterocycles. The van der Waals surface area contributed by atoms with Gasteiger partial charge in [0.15, 0.2) is 0 Å². The van der Waals surface area contributed by atoms with E-state index in [9.17, 15) is 14.4 Å². The molecule has 24 heavy (non-hydrogen) atoms. The molecule has 2 heterocycles. The van der Waals surface area contributed by atoms with Crippen LogP contribution in [0.5, 0.6) is 0 Å². The van der Waals surface area contributed by atoms with Crippen molar-refractivity contribution >= 4 is 33.4 Å². The van der Waals surface area contributed by atoms with Gasteiger partial charge in [-0.05, 0) is 38.2 Å². The number of hydrogen-bond acceptors (Lipinski definition) is 5. The third kappa shape index (κ3) is 3.19. The zero-order valence-corrected chi connectivity index (χ0v) is 14.2. The maximum Gasteiger partial charge on any atom is 0.325 e. The second-order valence-electron chi connectivity index (χ2n) is 6.01. The monoisotopic (exact) mass is 349 g/mol. The Balaban J connectivity index is 1.78. The van der Waals surface area contributed by atoms with Crippen molar-refractivity contribution in [2.75, 3.05) is 0 Å². The van der Waals surface area contributed by atoms with E-state index in [0.29, 0.717) is 5.39 Å². The fourth-order valence-electron chi connectivity index (χ4n) is 2.94. The molecule has 0 saturated carbocycles. The first-order valence-electron chi connectivity index (χ1n) is 7.99. The summed E-state index contributed by atoms with van der Waals surface area (Å²) in [5.74, 6) is -1.49. The lowest BCUT2D eigenvalue weighted by molar-refractivity contribution is -0.141. The first kappa shape index (κ1) is 16.6. The summed E-state index contributed by atoms with van der Waals surface area (Å²) in [5, 5.41) is 11.9. The molecule has 0 saturated heterocycles. The van der Waals surface area contributed by atoms with Gasteiger partial charge in [0.2, 0.25) is 5.91 Å². The molecule has 0 fully saturated rings. The molecule has 128 valence electrons. The maximum absolute atomic E-state index is 12.7. The highest BCUT2D eigenvalue weighted by molar-refractivity contribution is 7.18. The minimum atomic E-state index is -1.09. The van der Waals surface area contributed by atoms with E-state index in [4.69, 9.17) is 5.11 Å². The summed E-state index contributed by atoms with van der Waals surface area (Å²) in [5.41, 5.74) is 1.01. The third-order valence-electron chi connectivity index (χ3n) is 4.27. The number of carbonyl (C=O) groups excluding carboxylic acids is 1. The van der Waals surface area contributed by atoms with Crippen molar-refractivity contribution in [1.82, 2.24) is 14.9 Å². The summed E-state index contributed by atoms with van der Waals surface area (Å²) in [6, 6.07) is -0.946. The molecule has 1 unspecified atom stereocenters. The van der Waals surface area contributed by atoms with Crippen molar-refractivity contribution in [3.8, 4) is 0 Å². The number of rotatable bonds is 5. The lowest BCUT2D eigenvalue weighted by atomic mass is 9.97. The summed E-state index contributed by atoms with van der Waals surface area (Å²) >= 11 is 1.59. The fraction of sp³-hybridized carbons (Fsp3) is 0.500. The van der Waals surface area contributed by atoms with Crippen LogP contribution in [0.4, 0.5) is 0 Å². The number of aliphatic carboxylic acids is 1. The summed E-state index contributed by atoms with van der Waals surface area (Å²) in [4.78, 5) is 41.6. The molecule has 0 aliphatic heterocycles. The van der Waals surface area contributed by atoms with E-state index >= 15 is 0 Å². The largest absolute Gasteiger partial charge is 0.480 e. The van der Waals surface area contributed by atoms with Crippen molar-refractivity contribution in [3.63, 3.8) is 0 Å². The van der Waals surface area contributed by atoms with Crippen LogP contribution in [0.2, 0.25) is 0 Å². The second kappa shape index (κ2) is 6.72. The number of nitrogens with one attached hydrogen (secondary N) is 1. The van der Waals surface area contributed by atoms with Gasteiger partial charge in [0.05, 0.1) is 11.7 Å². The van der Waals surface area contributed by atoms with E-state index < -0.39 is 17.9 Å². The van der Waals surface area contributed by atoms with Gasteiger partial charge >= 0.3 is 5.97 Å². The smallest absolute Gasteiger partial charge is 0.325 e. The van der Waals surface area contributed by atoms with Crippen molar-refractivity contribution in [1.29, 1.82) is 0 Å². The molecule has 2 aromatic rings. The number of nitrogens with zero attached hydrogens (tertiary/aromatic N) is 2. The van der Waals surface area contributed by atoms with Crippen LogP contribution in [-0.2, 0) is 29.0 Å². The summed E-state index contributed by atoms with van der Waals surface area (Å²) < 4.78 is 1.44. The number of fused-ring (bicyclic) bond motifs is 3. The van der Waals surface area contributed by atoms with E-state index in [1.165, 1.54) is 22.7 Å². The molecule has 1 atom stereocenters. The van der Waals surface area contributed by atoms with Crippen molar-refractivity contribution in [3.05, 3.63) is 27.1 Å². The van der Waals surface area contributed by atoms with Crippen molar-refractivity contribution in [2.24, 2.45) is 0 Å². The van der Waals surface area contributed by atoms with Gasteiger partial charge < -0.3 is 10.4 Å². The van der Waals surface area contributed by atoms with Crippen molar-refractivity contribution < 1.29 is 14.7 Å². The molecule has 1 amide bonds. The minimum Gasteiger partial charge on any atom is -0.480 e. The van der Waals surface area contributed by atoms with Gasteiger partial charge in [0.1, 0.15) is 10.9 Å². The van der Waals surface area contributed by atoms with E-state index in [2.05, 4.69) is 10.3 Å². The maximum atomic E-state index is 12.7. The molecule has 0 spiro atoms. The van der Waals surface area contributed by atoms with Crippen LogP contribution in [0.3, 0.4) is 0 Å². The lowest BCUT2D eigenvalue weighted by Gasteiger charge is -2.11. The first-order chi connectivity index (χ1) is 11.5. The molecule has 3 rings (SSSR count). The fourth-order valence-corrected chi connectivity index (χ4v) is 4.16. The minimum absolute atomic E-state index is 0.0387. The number of hydrogen-bond donors (Lipinski definition) is 2. The van der Waals surface area contributed by atoms with Crippen LogP contribution in [0, 0.1) is 0 Å². The number of aromatic nitrogens is 2. The van der Waals surface area contributed by atoms with Gasteiger partial charge in [-0.3, -0.25) is 19.0 Å². The molecule has 8 heteroatoms. The van der Waals surface area contributed by atoms with Crippen LogP contribution in [0.1, 0.15) is 36.6 Å². The molecule has 0 aromatic carbocycles. The normalized spacial score (nSPS) is 15.0. The quantitative estimate of drug-likeness (QED) is 0.848. The summed E-state index contributed by atoms with van der Waals surface area (Å²) in [7, 11) is 0.